The Labute approximate surface area is 159 Å². The van der Waals surface area contributed by atoms with Crippen molar-refractivity contribution in [3.63, 3.8) is 0 Å². The Bertz CT molecular complexity index is 965. The summed E-state index contributed by atoms with van der Waals surface area (Å²) in [5, 5.41) is 10.1. The fraction of sp³-hybridized carbons (Fsp3) is 0.217. The van der Waals surface area contributed by atoms with Crippen molar-refractivity contribution < 1.29 is 14.7 Å². The number of fused-ring (bicyclic) bond motifs is 1. The van der Waals surface area contributed by atoms with Crippen LogP contribution in [0.5, 0.6) is 0 Å². The SMILES string of the molecule is Cc1ccc(/C(O)=C/C(=O)C(=O)C=C2N(C)c3ccccc3C2(C)C)cc1. The molecule has 3 rings (SSSR count). The molecule has 2 aromatic carbocycles. The van der Waals surface area contributed by atoms with Crippen LogP contribution >= 0.6 is 0 Å². The third-order valence-electron chi connectivity index (χ3n) is 5.07. The average molecular weight is 361 g/mol. The molecule has 0 amide bonds. The first-order chi connectivity index (χ1) is 12.7. The lowest BCUT2D eigenvalue weighted by Gasteiger charge is -2.23. The number of aliphatic hydroxyl groups is 1. The molecule has 0 unspecified atom stereocenters. The summed E-state index contributed by atoms with van der Waals surface area (Å²) in [6.07, 6.45) is 2.36. The van der Waals surface area contributed by atoms with Crippen molar-refractivity contribution >= 4 is 23.0 Å². The Morgan fingerprint density at radius 2 is 1.63 bits per heavy atom. The Morgan fingerprint density at radius 1 is 1.00 bits per heavy atom. The Hall–Kier alpha value is -3.14. The molecule has 0 bridgehead atoms. The summed E-state index contributed by atoms with van der Waals surface area (Å²) in [7, 11) is 1.89. The molecule has 4 heteroatoms. The standard InChI is InChI=1S/C23H23NO3/c1-15-9-11-16(12-10-15)19(25)13-20(26)21(27)14-22-23(2,3)17-7-5-6-8-18(17)24(22)4/h5-14,25H,1-4H3/b19-13-,22-14?. The lowest BCUT2D eigenvalue weighted by Crippen LogP contribution is -2.25. The van der Waals surface area contributed by atoms with E-state index in [1.54, 1.807) is 12.1 Å². The number of aliphatic hydroxyl groups excluding tert-OH is 1. The molecule has 0 spiro atoms. The van der Waals surface area contributed by atoms with Crippen LogP contribution in [0.1, 0.15) is 30.5 Å². The number of benzene rings is 2. The summed E-state index contributed by atoms with van der Waals surface area (Å²) >= 11 is 0. The number of aryl methyl sites for hydroxylation is 1. The lowest BCUT2D eigenvalue weighted by atomic mass is 9.83. The number of allylic oxidation sites excluding steroid dienone is 3. The number of anilines is 1. The predicted molar refractivity (Wildman–Crippen MR) is 108 cm³/mol. The van der Waals surface area contributed by atoms with Crippen molar-refractivity contribution in [1.82, 2.24) is 0 Å². The van der Waals surface area contributed by atoms with Crippen molar-refractivity contribution in [3.8, 4) is 0 Å². The molecule has 27 heavy (non-hydrogen) atoms. The number of rotatable bonds is 4. The van der Waals surface area contributed by atoms with E-state index in [-0.39, 0.29) is 11.2 Å². The Kier molecular flexibility index (Phi) is 4.75. The molecule has 0 fully saturated rings. The van der Waals surface area contributed by atoms with Gasteiger partial charge in [0.05, 0.1) is 0 Å². The highest BCUT2D eigenvalue weighted by Crippen LogP contribution is 2.46. The van der Waals surface area contributed by atoms with Gasteiger partial charge in [0.15, 0.2) is 0 Å². The topological polar surface area (TPSA) is 57.6 Å². The molecule has 1 heterocycles. The number of likely N-dealkylation sites (N-methyl/N-ethyl adjacent to an activating group) is 1. The lowest BCUT2D eigenvalue weighted by molar-refractivity contribution is -0.131. The van der Waals surface area contributed by atoms with Gasteiger partial charge < -0.3 is 10.0 Å². The first-order valence-electron chi connectivity index (χ1n) is 8.83. The van der Waals surface area contributed by atoms with E-state index in [9.17, 15) is 14.7 Å². The van der Waals surface area contributed by atoms with Gasteiger partial charge in [0.1, 0.15) is 5.76 Å². The van der Waals surface area contributed by atoms with Crippen LogP contribution in [0.4, 0.5) is 5.69 Å². The van der Waals surface area contributed by atoms with Gasteiger partial charge >= 0.3 is 0 Å². The molecule has 0 aliphatic carbocycles. The number of carbonyl (C=O) groups is 2. The number of nitrogens with zero attached hydrogens (tertiary/aromatic N) is 1. The van der Waals surface area contributed by atoms with Crippen LogP contribution in [0.3, 0.4) is 0 Å². The van der Waals surface area contributed by atoms with E-state index < -0.39 is 11.6 Å². The van der Waals surface area contributed by atoms with E-state index >= 15 is 0 Å². The molecule has 0 atom stereocenters. The maximum atomic E-state index is 12.5. The van der Waals surface area contributed by atoms with E-state index in [0.717, 1.165) is 28.6 Å². The molecule has 2 aromatic rings. The van der Waals surface area contributed by atoms with Crippen LogP contribution in [-0.4, -0.2) is 23.7 Å². The highest BCUT2D eigenvalue weighted by Gasteiger charge is 2.38. The van der Waals surface area contributed by atoms with Gasteiger partial charge in [-0.25, -0.2) is 0 Å². The smallest absolute Gasteiger partial charge is 0.229 e. The first-order valence-corrected chi connectivity index (χ1v) is 8.83. The highest BCUT2D eigenvalue weighted by molar-refractivity contribution is 6.46. The van der Waals surface area contributed by atoms with E-state index in [0.29, 0.717) is 5.56 Å². The second kappa shape index (κ2) is 6.88. The van der Waals surface area contributed by atoms with Crippen molar-refractivity contribution in [2.75, 3.05) is 11.9 Å². The zero-order chi connectivity index (χ0) is 19.8. The summed E-state index contributed by atoms with van der Waals surface area (Å²) in [5.74, 6) is -1.62. The van der Waals surface area contributed by atoms with Gasteiger partial charge in [-0.2, -0.15) is 0 Å². The van der Waals surface area contributed by atoms with Crippen LogP contribution in [0.15, 0.2) is 66.4 Å². The van der Waals surface area contributed by atoms with Crippen LogP contribution in [-0.2, 0) is 15.0 Å². The second-order valence-corrected chi connectivity index (χ2v) is 7.35. The van der Waals surface area contributed by atoms with E-state index in [4.69, 9.17) is 0 Å². The summed E-state index contributed by atoms with van der Waals surface area (Å²) in [5.41, 5.74) is 4.04. The summed E-state index contributed by atoms with van der Waals surface area (Å²) in [6, 6.07) is 15.0. The molecule has 1 aliphatic rings. The number of hydrogen-bond acceptors (Lipinski definition) is 4. The van der Waals surface area contributed by atoms with Gasteiger partial charge in [-0.3, -0.25) is 9.59 Å². The summed E-state index contributed by atoms with van der Waals surface area (Å²) < 4.78 is 0. The fourth-order valence-electron chi connectivity index (χ4n) is 3.46. The van der Waals surface area contributed by atoms with Gasteiger partial charge in [0, 0.05) is 41.6 Å². The molecule has 0 saturated heterocycles. The minimum absolute atomic E-state index is 0.214. The minimum Gasteiger partial charge on any atom is -0.507 e. The zero-order valence-corrected chi connectivity index (χ0v) is 16.0. The van der Waals surface area contributed by atoms with Crippen molar-refractivity contribution in [2.45, 2.75) is 26.2 Å². The van der Waals surface area contributed by atoms with Gasteiger partial charge in [-0.15, -0.1) is 0 Å². The van der Waals surface area contributed by atoms with Crippen LogP contribution in [0, 0.1) is 6.92 Å². The van der Waals surface area contributed by atoms with Gasteiger partial charge in [0.2, 0.25) is 11.6 Å². The maximum absolute atomic E-state index is 12.5. The van der Waals surface area contributed by atoms with Gasteiger partial charge in [-0.1, -0.05) is 61.9 Å². The molecular formula is C23H23NO3. The molecule has 0 radical (unpaired) electrons. The van der Waals surface area contributed by atoms with E-state index in [1.165, 1.54) is 6.08 Å². The second-order valence-electron chi connectivity index (χ2n) is 7.35. The molecule has 0 saturated carbocycles. The largest absolute Gasteiger partial charge is 0.507 e. The molecule has 4 nitrogen and oxygen atoms in total. The number of carbonyl (C=O) groups excluding carboxylic acids is 2. The molecule has 1 N–H and O–H groups in total. The molecule has 138 valence electrons. The third-order valence-corrected chi connectivity index (χ3v) is 5.07. The number of para-hydroxylation sites is 1. The summed E-state index contributed by atoms with van der Waals surface area (Å²) in [4.78, 5) is 26.8. The average Bonchev–Trinajstić information content (AvgIpc) is 2.83. The van der Waals surface area contributed by atoms with E-state index in [2.05, 4.69) is 0 Å². The van der Waals surface area contributed by atoms with Crippen molar-refractivity contribution in [2.24, 2.45) is 0 Å². The van der Waals surface area contributed by atoms with Gasteiger partial charge in [0.25, 0.3) is 0 Å². The Morgan fingerprint density at radius 3 is 2.26 bits per heavy atom. The highest BCUT2D eigenvalue weighted by atomic mass is 16.3. The van der Waals surface area contributed by atoms with Crippen LogP contribution in [0.25, 0.3) is 5.76 Å². The monoisotopic (exact) mass is 361 g/mol. The Balaban J connectivity index is 1.87. The van der Waals surface area contributed by atoms with Crippen LogP contribution < -0.4 is 4.90 Å². The maximum Gasteiger partial charge on any atom is 0.229 e. The van der Waals surface area contributed by atoms with E-state index in [1.807, 2.05) is 69.1 Å². The number of hydrogen-bond donors (Lipinski definition) is 1. The fourth-order valence-corrected chi connectivity index (χ4v) is 3.46. The predicted octanol–water partition coefficient (Wildman–Crippen LogP) is 4.34. The molecule has 1 aliphatic heterocycles. The number of ketones is 2. The quantitative estimate of drug-likeness (QED) is 0.500. The first kappa shape index (κ1) is 18.6. The zero-order valence-electron chi connectivity index (χ0n) is 16.0. The van der Waals surface area contributed by atoms with Crippen molar-refractivity contribution in [1.29, 1.82) is 0 Å². The minimum atomic E-state index is -0.749. The molecule has 0 aromatic heterocycles. The van der Waals surface area contributed by atoms with Crippen LogP contribution in [0.2, 0.25) is 0 Å². The summed E-state index contributed by atoms with van der Waals surface area (Å²) in [6.45, 7) is 5.99. The van der Waals surface area contributed by atoms with Crippen molar-refractivity contribution in [3.05, 3.63) is 83.1 Å². The van der Waals surface area contributed by atoms with Gasteiger partial charge in [-0.05, 0) is 18.6 Å². The molecular weight excluding hydrogens is 338 g/mol. The normalized spacial score (nSPS) is 17.1. The third kappa shape index (κ3) is 3.43.